The normalized spacial score (nSPS) is 15.8. The fraction of sp³-hybridized carbons (Fsp3) is 0.238. The van der Waals surface area contributed by atoms with E-state index in [1.165, 1.54) is 16.8 Å². The second-order valence-corrected chi connectivity index (χ2v) is 7.73. The van der Waals surface area contributed by atoms with E-state index >= 15 is 0 Å². The number of hydrogen-bond donors (Lipinski definition) is 5. The molecular formula is C21H20N8O4. The molecular weight excluding hydrogens is 428 g/mol. The Balaban J connectivity index is 1.63. The number of H-pyrrole nitrogens is 2. The maximum atomic E-state index is 11.5. The Kier molecular flexibility index (Phi) is 5.09. The summed E-state index contributed by atoms with van der Waals surface area (Å²) >= 11 is 0. The van der Waals surface area contributed by atoms with Crippen molar-refractivity contribution in [1.29, 1.82) is 0 Å². The van der Waals surface area contributed by atoms with Crippen molar-refractivity contribution in [2.24, 2.45) is 4.99 Å². The lowest BCUT2D eigenvalue weighted by molar-refractivity contribution is -0.137. The minimum Gasteiger partial charge on any atom is -0.493 e. The molecule has 0 spiro atoms. The van der Waals surface area contributed by atoms with Gasteiger partial charge in [0.2, 0.25) is 11.8 Å². The molecule has 1 saturated carbocycles. The molecule has 0 aliphatic heterocycles. The van der Waals surface area contributed by atoms with E-state index in [0.717, 1.165) is 18.4 Å². The SMILES string of the molecule is O=C(O)CC(Nc1nc(=NC2CC2)n2ncc(=Cc3[nH]c(=O)[nH]c3O)c2n1)c1ccccc1. The van der Waals surface area contributed by atoms with Crippen molar-refractivity contribution in [2.45, 2.75) is 31.3 Å². The molecule has 1 aliphatic rings. The molecule has 168 valence electrons. The number of imidazole rings is 1. The van der Waals surface area contributed by atoms with Crippen LogP contribution in [0.2, 0.25) is 0 Å². The molecule has 12 nitrogen and oxygen atoms in total. The monoisotopic (exact) mass is 448 g/mol. The molecule has 1 aromatic carbocycles. The van der Waals surface area contributed by atoms with Crippen molar-refractivity contribution < 1.29 is 15.0 Å². The lowest BCUT2D eigenvalue weighted by atomic mass is 10.0. The van der Waals surface area contributed by atoms with E-state index in [9.17, 15) is 19.8 Å². The summed E-state index contributed by atoms with van der Waals surface area (Å²) in [7, 11) is 0. The highest BCUT2D eigenvalue weighted by Gasteiger charge is 2.22. The maximum Gasteiger partial charge on any atom is 0.326 e. The second kappa shape index (κ2) is 8.22. The van der Waals surface area contributed by atoms with Crippen LogP contribution in [0.25, 0.3) is 11.7 Å². The molecule has 0 radical (unpaired) electrons. The van der Waals surface area contributed by atoms with Gasteiger partial charge in [-0.15, -0.1) is 0 Å². The minimum atomic E-state index is -0.967. The first-order valence-corrected chi connectivity index (χ1v) is 10.3. The first-order chi connectivity index (χ1) is 16.0. The zero-order chi connectivity index (χ0) is 22.9. The molecule has 0 saturated heterocycles. The topological polar surface area (TPSA) is 174 Å². The van der Waals surface area contributed by atoms with Crippen LogP contribution >= 0.6 is 0 Å². The summed E-state index contributed by atoms with van der Waals surface area (Å²) < 4.78 is 1.48. The fourth-order valence-electron chi connectivity index (χ4n) is 3.41. The third-order valence-electron chi connectivity index (χ3n) is 5.14. The Hall–Kier alpha value is -4.48. The number of nitrogens with zero attached hydrogens (tertiary/aromatic N) is 5. The van der Waals surface area contributed by atoms with Crippen LogP contribution in [0, 0.1) is 0 Å². The molecule has 5 N–H and O–H groups in total. The van der Waals surface area contributed by atoms with E-state index < -0.39 is 17.7 Å². The highest BCUT2D eigenvalue weighted by atomic mass is 16.4. The average Bonchev–Trinajstić information content (AvgIpc) is 3.42. The van der Waals surface area contributed by atoms with Crippen LogP contribution in [0.15, 0.2) is 46.3 Å². The zero-order valence-corrected chi connectivity index (χ0v) is 17.3. The van der Waals surface area contributed by atoms with Gasteiger partial charge < -0.3 is 20.5 Å². The lowest BCUT2D eigenvalue weighted by Crippen LogP contribution is -2.26. The van der Waals surface area contributed by atoms with E-state index in [1.807, 2.05) is 30.3 Å². The number of rotatable bonds is 7. The van der Waals surface area contributed by atoms with Gasteiger partial charge in [0.05, 0.1) is 24.7 Å². The summed E-state index contributed by atoms with van der Waals surface area (Å²) in [6, 6.07) is 8.76. The van der Waals surface area contributed by atoms with Crippen LogP contribution in [-0.2, 0) is 4.79 Å². The third kappa shape index (κ3) is 4.44. The van der Waals surface area contributed by atoms with E-state index in [2.05, 4.69) is 35.3 Å². The van der Waals surface area contributed by atoms with Crippen LogP contribution in [-0.4, -0.2) is 51.8 Å². The number of carboxylic acids is 1. The Bertz CT molecular complexity index is 1500. The maximum absolute atomic E-state index is 11.5. The summed E-state index contributed by atoms with van der Waals surface area (Å²) in [6.07, 6.45) is 4.79. The predicted molar refractivity (Wildman–Crippen MR) is 116 cm³/mol. The summed E-state index contributed by atoms with van der Waals surface area (Å²) in [5.41, 5.74) is 1.13. The molecule has 1 aliphatic carbocycles. The number of carboxylic acid groups (broad SMARTS) is 1. The van der Waals surface area contributed by atoms with Crippen LogP contribution in [0.3, 0.4) is 0 Å². The summed E-state index contributed by atoms with van der Waals surface area (Å²) in [6.45, 7) is 0. The van der Waals surface area contributed by atoms with Gasteiger partial charge in [-0.1, -0.05) is 30.3 Å². The van der Waals surface area contributed by atoms with Crippen LogP contribution in [0.5, 0.6) is 5.88 Å². The molecule has 3 heterocycles. The Labute approximate surface area is 185 Å². The molecule has 0 bridgehead atoms. The largest absolute Gasteiger partial charge is 0.493 e. The van der Waals surface area contributed by atoms with Crippen LogP contribution < -0.4 is 21.8 Å². The Morgan fingerprint density at radius 1 is 1.27 bits per heavy atom. The van der Waals surface area contributed by atoms with Gasteiger partial charge in [0.1, 0.15) is 5.69 Å². The number of benzene rings is 1. The molecule has 1 unspecified atom stereocenters. The van der Waals surface area contributed by atoms with E-state index in [0.29, 0.717) is 16.5 Å². The van der Waals surface area contributed by atoms with Crippen LogP contribution in [0.4, 0.5) is 5.95 Å². The summed E-state index contributed by atoms with van der Waals surface area (Å²) in [5.74, 6) is -1.08. The zero-order valence-electron chi connectivity index (χ0n) is 17.3. The third-order valence-corrected chi connectivity index (χ3v) is 5.14. The number of nitrogens with one attached hydrogen (secondary N) is 3. The lowest BCUT2D eigenvalue weighted by Gasteiger charge is -2.17. The van der Waals surface area contributed by atoms with Crippen molar-refractivity contribution >= 4 is 23.6 Å². The molecule has 3 aromatic heterocycles. The van der Waals surface area contributed by atoms with Crippen molar-refractivity contribution in [2.75, 3.05) is 5.32 Å². The van der Waals surface area contributed by atoms with Gasteiger partial charge >= 0.3 is 11.7 Å². The Morgan fingerprint density at radius 3 is 2.73 bits per heavy atom. The molecule has 1 fully saturated rings. The van der Waals surface area contributed by atoms with Crippen molar-refractivity contribution in [1.82, 2.24) is 29.5 Å². The molecule has 5 rings (SSSR count). The number of aromatic amines is 2. The van der Waals surface area contributed by atoms with Gasteiger partial charge in [0.15, 0.2) is 5.65 Å². The molecule has 4 aromatic rings. The van der Waals surface area contributed by atoms with Gasteiger partial charge in [-0.3, -0.25) is 9.78 Å². The standard InChI is InChI=1S/C21H20N8O4/c30-16(31)9-14(11-4-2-1-3-5-11)24-19-26-17-12(8-15-18(32)27-21(33)25-15)10-22-29(17)20(28-19)23-13-6-7-13/h1-5,8,10,13-14,32H,6-7,9H2,(H,30,31)(H,23,24,28)(H2,25,27,33). The highest BCUT2D eigenvalue weighted by molar-refractivity contribution is 5.68. The van der Waals surface area contributed by atoms with Crippen molar-refractivity contribution in [3.8, 4) is 5.88 Å². The predicted octanol–water partition coefficient (Wildman–Crippen LogP) is 0.0850. The first-order valence-electron chi connectivity index (χ1n) is 10.3. The number of fused-ring (bicyclic) bond motifs is 1. The molecule has 0 amide bonds. The summed E-state index contributed by atoms with van der Waals surface area (Å²) in [5, 5.41) is 27.3. The van der Waals surface area contributed by atoms with Gasteiger partial charge in [-0.05, 0) is 24.5 Å². The van der Waals surface area contributed by atoms with Gasteiger partial charge in [-0.2, -0.15) is 19.6 Å². The Morgan fingerprint density at radius 2 is 2.06 bits per heavy atom. The molecule has 33 heavy (non-hydrogen) atoms. The quantitative estimate of drug-likeness (QED) is 0.264. The number of aliphatic carboxylic acids is 1. The first kappa shape index (κ1) is 20.4. The molecule has 12 heteroatoms. The van der Waals surface area contributed by atoms with Gasteiger partial charge in [0.25, 0.3) is 5.62 Å². The summed E-state index contributed by atoms with van der Waals surface area (Å²) in [4.78, 5) is 41.3. The number of aromatic hydroxyl groups is 1. The van der Waals surface area contributed by atoms with Crippen LogP contribution in [0.1, 0.15) is 36.6 Å². The van der Waals surface area contributed by atoms with E-state index in [1.54, 1.807) is 0 Å². The van der Waals surface area contributed by atoms with E-state index in [4.69, 9.17) is 0 Å². The van der Waals surface area contributed by atoms with E-state index in [-0.39, 0.29) is 30.0 Å². The van der Waals surface area contributed by atoms with Gasteiger partial charge in [-0.25, -0.2) is 9.79 Å². The van der Waals surface area contributed by atoms with Crippen molar-refractivity contribution in [3.05, 3.63) is 69.1 Å². The number of aromatic nitrogens is 6. The number of hydrogen-bond acceptors (Lipinski definition) is 8. The average molecular weight is 448 g/mol. The smallest absolute Gasteiger partial charge is 0.326 e. The number of carbonyl (C=O) groups is 1. The van der Waals surface area contributed by atoms with Gasteiger partial charge in [0, 0.05) is 5.22 Å². The highest BCUT2D eigenvalue weighted by Crippen LogP contribution is 2.23. The molecule has 1 atom stereocenters. The van der Waals surface area contributed by atoms with Crippen molar-refractivity contribution in [3.63, 3.8) is 0 Å². The fourth-order valence-corrected chi connectivity index (χ4v) is 3.41. The second-order valence-electron chi connectivity index (χ2n) is 7.73. The number of anilines is 1. The minimum absolute atomic E-state index is 0.154.